The highest BCUT2D eigenvalue weighted by Crippen LogP contribution is 2.50. The number of pyridine rings is 1. The van der Waals surface area contributed by atoms with Gasteiger partial charge in [0.05, 0.1) is 15.9 Å². The summed E-state index contributed by atoms with van der Waals surface area (Å²) in [6, 6.07) is 67.5. The molecule has 0 radical (unpaired) electrons. The summed E-state index contributed by atoms with van der Waals surface area (Å²) in [7, 11) is 0. The average Bonchev–Trinajstić information content (AvgIpc) is 3.69. The largest absolute Gasteiger partial charge is 0.246 e. The van der Waals surface area contributed by atoms with Crippen molar-refractivity contribution in [1.82, 2.24) is 19.9 Å². The summed E-state index contributed by atoms with van der Waals surface area (Å²) in [5.41, 5.74) is 11.6. The first-order valence-electron chi connectivity index (χ1n) is 18.3. The van der Waals surface area contributed by atoms with E-state index in [0.717, 1.165) is 59.6 Å². The molecule has 0 amide bonds. The third kappa shape index (κ3) is 6.17. The molecule has 0 N–H and O–H groups in total. The second kappa shape index (κ2) is 14.0. The van der Waals surface area contributed by atoms with Crippen LogP contribution in [0.5, 0.6) is 0 Å². The van der Waals surface area contributed by atoms with Crippen molar-refractivity contribution in [2.75, 3.05) is 0 Å². The summed E-state index contributed by atoms with van der Waals surface area (Å²) >= 11 is 1.80. The first-order valence-corrected chi connectivity index (χ1v) is 19.1. The molecular weight excluding hydrogens is 689 g/mol. The van der Waals surface area contributed by atoms with Crippen LogP contribution in [0, 0.1) is 0 Å². The van der Waals surface area contributed by atoms with Gasteiger partial charge in [0.15, 0.2) is 17.5 Å². The maximum Gasteiger partial charge on any atom is 0.164 e. The van der Waals surface area contributed by atoms with Gasteiger partial charge in [0.1, 0.15) is 0 Å². The fraction of sp³-hybridized carbons (Fsp3) is 0. The van der Waals surface area contributed by atoms with Gasteiger partial charge >= 0.3 is 0 Å². The highest BCUT2D eigenvalue weighted by Gasteiger charge is 2.23. The van der Waals surface area contributed by atoms with Crippen LogP contribution in [-0.2, 0) is 0 Å². The molecule has 258 valence electrons. The third-order valence-electron chi connectivity index (χ3n) is 9.92. The van der Waals surface area contributed by atoms with Crippen LogP contribution in [0.2, 0.25) is 0 Å². The molecule has 0 aliphatic carbocycles. The van der Waals surface area contributed by atoms with Crippen LogP contribution in [0.25, 0.3) is 99.1 Å². The number of nitrogens with zero attached hydrogens (tertiary/aromatic N) is 4. The molecular formula is C50H32N4S. The van der Waals surface area contributed by atoms with E-state index in [1.807, 2.05) is 60.7 Å². The Morgan fingerprint density at radius 1 is 0.327 bits per heavy atom. The van der Waals surface area contributed by atoms with Crippen molar-refractivity contribution in [1.29, 1.82) is 0 Å². The van der Waals surface area contributed by atoms with Gasteiger partial charge in [-0.25, -0.2) is 19.9 Å². The van der Waals surface area contributed by atoms with Crippen molar-refractivity contribution in [2.24, 2.45) is 0 Å². The fourth-order valence-corrected chi connectivity index (χ4v) is 8.65. The van der Waals surface area contributed by atoms with Crippen LogP contribution >= 0.6 is 11.3 Å². The second-order valence-electron chi connectivity index (χ2n) is 13.4. The van der Waals surface area contributed by atoms with E-state index in [0.29, 0.717) is 17.5 Å². The van der Waals surface area contributed by atoms with Gasteiger partial charge in [-0.05, 0) is 40.5 Å². The molecule has 0 bridgehead atoms. The first kappa shape index (κ1) is 32.6. The van der Waals surface area contributed by atoms with Crippen molar-refractivity contribution in [3.05, 3.63) is 194 Å². The van der Waals surface area contributed by atoms with Crippen molar-refractivity contribution in [3.63, 3.8) is 0 Å². The van der Waals surface area contributed by atoms with Gasteiger partial charge in [-0.3, -0.25) is 0 Å². The highest BCUT2D eigenvalue weighted by atomic mass is 32.1. The number of hydrogen-bond donors (Lipinski definition) is 0. The zero-order valence-corrected chi connectivity index (χ0v) is 30.5. The molecule has 0 saturated heterocycles. The summed E-state index contributed by atoms with van der Waals surface area (Å²) in [6.07, 6.45) is 0. The SMILES string of the molecule is c1ccc(-c2cccc(-c3c(-c4cccc(-c5nc(-c6ccccc6)nc(-c6ccccc6)n5)c4)sc4c(-c5ccccc5)nc5ccccc5c34)c2)cc1. The highest BCUT2D eigenvalue weighted by molar-refractivity contribution is 7.23. The van der Waals surface area contributed by atoms with Gasteiger partial charge in [0.2, 0.25) is 0 Å². The van der Waals surface area contributed by atoms with E-state index in [1.54, 1.807) is 11.3 Å². The molecule has 0 saturated carbocycles. The van der Waals surface area contributed by atoms with Gasteiger partial charge in [-0.1, -0.05) is 176 Å². The van der Waals surface area contributed by atoms with Gasteiger partial charge in [0, 0.05) is 43.5 Å². The van der Waals surface area contributed by atoms with Crippen LogP contribution < -0.4 is 0 Å². The minimum Gasteiger partial charge on any atom is -0.246 e. The molecule has 0 spiro atoms. The standard InChI is InChI=1S/C50H32N4S/c1-5-17-33(18-6-1)37-25-15-26-38(31-37)43-44-41-29-13-14-30-42(41)51-45(34-19-7-2-8-20-34)47(44)55-46(43)39-27-16-28-40(32-39)50-53-48(35-21-9-3-10-22-35)52-49(54-50)36-23-11-4-12-24-36/h1-32H. The maximum atomic E-state index is 5.31. The Hall–Kier alpha value is -7.08. The molecule has 0 aliphatic heterocycles. The van der Waals surface area contributed by atoms with Gasteiger partial charge in [-0.2, -0.15) is 0 Å². The van der Waals surface area contributed by atoms with E-state index in [1.165, 1.54) is 22.1 Å². The quantitative estimate of drug-likeness (QED) is 0.164. The number of para-hydroxylation sites is 1. The number of rotatable bonds is 7. The molecule has 0 aliphatic rings. The molecule has 10 aromatic rings. The zero-order chi connectivity index (χ0) is 36.6. The maximum absolute atomic E-state index is 5.31. The minimum absolute atomic E-state index is 0.625. The van der Waals surface area contributed by atoms with E-state index < -0.39 is 0 Å². The van der Waals surface area contributed by atoms with Crippen LogP contribution in [0.3, 0.4) is 0 Å². The van der Waals surface area contributed by atoms with E-state index in [9.17, 15) is 0 Å². The Kier molecular flexibility index (Phi) is 8.32. The summed E-state index contributed by atoms with van der Waals surface area (Å²) in [4.78, 5) is 21.5. The molecule has 5 heteroatoms. The zero-order valence-electron chi connectivity index (χ0n) is 29.7. The Morgan fingerprint density at radius 3 is 1.42 bits per heavy atom. The molecule has 0 atom stereocenters. The number of thiophene rings is 1. The van der Waals surface area contributed by atoms with Gasteiger partial charge in [0.25, 0.3) is 0 Å². The van der Waals surface area contributed by atoms with E-state index >= 15 is 0 Å². The Balaban J connectivity index is 1.23. The van der Waals surface area contributed by atoms with Crippen molar-refractivity contribution < 1.29 is 0 Å². The molecule has 0 unspecified atom stereocenters. The fourth-order valence-electron chi connectivity index (χ4n) is 7.30. The normalized spacial score (nSPS) is 11.3. The summed E-state index contributed by atoms with van der Waals surface area (Å²) in [6.45, 7) is 0. The van der Waals surface area contributed by atoms with Gasteiger partial charge < -0.3 is 0 Å². The number of benzene rings is 7. The smallest absolute Gasteiger partial charge is 0.164 e. The van der Waals surface area contributed by atoms with Crippen LogP contribution in [-0.4, -0.2) is 19.9 Å². The second-order valence-corrected chi connectivity index (χ2v) is 14.4. The van der Waals surface area contributed by atoms with Crippen molar-refractivity contribution >= 4 is 32.3 Å². The molecule has 4 nitrogen and oxygen atoms in total. The molecule has 3 aromatic heterocycles. The van der Waals surface area contributed by atoms with E-state index in [2.05, 4.69) is 133 Å². The number of hydrogen-bond acceptors (Lipinski definition) is 5. The minimum atomic E-state index is 0.625. The topological polar surface area (TPSA) is 51.6 Å². The Bertz CT molecular complexity index is 2900. The van der Waals surface area contributed by atoms with Crippen LogP contribution in [0.4, 0.5) is 0 Å². The van der Waals surface area contributed by atoms with E-state index in [-0.39, 0.29) is 0 Å². The van der Waals surface area contributed by atoms with Crippen molar-refractivity contribution in [3.8, 4) is 78.1 Å². The van der Waals surface area contributed by atoms with E-state index in [4.69, 9.17) is 19.9 Å². The number of aromatic nitrogens is 4. The molecule has 3 heterocycles. The molecule has 0 fully saturated rings. The lowest BCUT2D eigenvalue weighted by Crippen LogP contribution is -2.00. The lowest BCUT2D eigenvalue weighted by atomic mass is 9.93. The lowest BCUT2D eigenvalue weighted by Gasteiger charge is -2.12. The van der Waals surface area contributed by atoms with Crippen LogP contribution in [0.15, 0.2) is 194 Å². The lowest BCUT2D eigenvalue weighted by molar-refractivity contribution is 1.07. The molecule has 10 rings (SSSR count). The number of fused-ring (bicyclic) bond motifs is 3. The predicted octanol–water partition coefficient (Wildman–Crippen LogP) is 13.3. The third-order valence-corrected chi connectivity index (χ3v) is 11.2. The summed E-state index contributed by atoms with van der Waals surface area (Å²) < 4.78 is 1.16. The van der Waals surface area contributed by atoms with Crippen molar-refractivity contribution in [2.45, 2.75) is 0 Å². The monoisotopic (exact) mass is 720 g/mol. The predicted molar refractivity (Wildman–Crippen MR) is 229 cm³/mol. The van der Waals surface area contributed by atoms with Crippen LogP contribution in [0.1, 0.15) is 0 Å². The Labute approximate surface area is 323 Å². The first-order chi connectivity index (χ1) is 27.3. The Morgan fingerprint density at radius 2 is 0.782 bits per heavy atom. The molecule has 55 heavy (non-hydrogen) atoms. The molecule has 7 aromatic carbocycles. The summed E-state index contributed by atoms with van der Waals surface area (Å²) in [5, 5.41) is 2.34. The summed E-state index contributed by atoms with van der Waals surface area (Å²) in [5.74, 6) is 1.90. The average molecular weight is 721 g/mol. The van der Waals surface area contributed by atoms with Gasteiger partial charge in [-0.15, -0.1) is 11.3 Å².